The summed E-state index contributed by atoms with van der Waals surface area (Å²) in [5.41, 5.74) is 0. The summed E-state index contributed by atoms with van der Waals surface area (Å²) in [5.74, 6) is 3.12. The highest BCUT2D eigenvalue weighted by Gasteiger charge is 2.25. The molecule has 4 nitrogen and oxygen atoms in total. The van der Waals surface area contributed by atoms with Crippen LogP contribution in [-0.4, -0.2) is 23.2 Å². The molecule has 2 rings (SSSR count). The van der Waals surface area contributed by atoms with Crippen molar-refractivity contribution in [3.8, 4) is 0 Å². The molecule has 1 fully saturated rings. The van der Waals surface area contributed by atoms with Crippen molar-refractivity contribution in [2.75, 3.05) is 7.05 Å². The predicted molar refractivity (Wildman–Crippen MR) is 76.0 cm³/mol. The van der Waals surface area contributed by atoms with Crippen LogP contribution in [0.1, 0.15) is 57.7 Å². The number of hydrogen-bond donors (Lipinski definition) is 1. The first-order valence-electron chi connectivity index (χ1n) is 7.67. The summed E-state index contributed by atoms with van der Waals surface area (Å²) in [7, 11) is 2.04. The van der Waals surface area contributed by atoms with Gasteiger partial charge in [-0.3, -0.25) is 0 Å². The fraction of sp³-hybridized carbons (Fsp3) is 0.867. The molecule has 0 amide bonds. The van der Waals surface area contributed by atoms with Crippen LogP contribution in [0, 0.1) is 11.8 Å². The Balaban J connectivity index is 1.87. The van der Waals surface area contributed by atoms with E-state index in [0.717, 1.165) is 36.9 Å². The second-order valence-corrected chi connectivity index (χ2v) is 6.18. The third-order valence-corrected chi connectivity index (χ3v) is 4.19. The van der Waals surface area contributed by atoms with E-state index in [2.05, 4.69) is 29.3 Å². The minimum atomic E-state index is 0.487. The van der Waals surface area contributed by atoms with Crippen molar-refractivity contribution < 1.29 is 4.52 Å². The lowest BCUT2D eigenvalue weighted by Crippen LogP contribution is -2.34. The summed E-state index contributed by atoms with van der Waals surface area (Å²) in [6.07, 6.45) is 8.32. The summed E-state index contributed by atoms with van der Waals surface area (Å²) in [4.78, 5) is 4.52. The summed E-state index contributed by atoms with van der Waals surface area (Å²) in [6, 6.07) is 0.487. The Morgan fingerprint density at radius 1 is 1.32 bits per heavy atom. The molecule has 4 heteroatoms. The van der Waals surface area contributed by atoms with Crippen molar-refractivity contribution in [3.05, 3.63) is 11.7 Å². The monoisotopic (exact) mass is 265 g/mol. The predicted octanol–water partition coefficient (Wildman–Crippen LogP) is 2.98. The average molecular weight is 265 g/mol. The Morgan fingerprint density at radius 2 is 2.05 bits per heavy atom. The van der Waals surface area contributed by atoms with Gasteiger partial charge in [0.05, 0.1) is 0 Å². The van der Waals surface area contributed by atoms with Crippen LogP contribution in [0.5, 0.6) is 0 Å². The van der Waals surface area contributed by atoms with Gasteiger partial charge in [-0.05, 0) is 38.1 Å². The van der Waals surface area contributed by atoms with Gasteiger partial charge in [0.2, 0.25) is 5.89 Å². The van der Waals surface area contributed by atoms with Gasteiger partial charge in [0.25, 0.3) is 0 Å². The van der Waals surface area contributed by atoms with Crippen LogP contribution in [0.2, 0.25) is 0 Å². The topological polar surface area (TPSA) is 51.0 Å². The Bertz CT molecular complexity index is 369. The molecule has 0 spiro atoms. The number of rotatable bonds is 7. The summed E-state index contributed by atoms with van der Waals surface area (Å²) < 4.78 is 5.39. The van der Waals surface area contributed by atoms with Crippen LogP contribution >= 0.6 is 0 Å². The van der Waals surface area contributed by atoms with E-state index in [-0.39, 0.29) is 0 Å². The first kappa shape index (κ1) is 14.5. The number of likely N-dealkylation sites (N-methyl/N-ethyl adjacent to an activating group) is 1. The molecule has 0 saturated heterocycles. The van der Waals surface area contributed by atoms with E-state index in [4.69, 9.17) is 4.52 Å². The lowest BCUT2D eigenvalue weighted by Gasteiger charge is -2.20. The molecule has 1 atom stereocenters. The first-order valence-corrected chi connectivity index (χ1v) is 7.67. The van der Waals surface area contributed by atoms with Crippen molar-refractivity contribution >= 4 is 0 Å². The van der Waals surface area contributed by atoms with Crippen LogP contribution in [0.3, 0.4) is 0 Å². The molecule has 0 bridgehead atoms. The molecule has 108 valence electrons. The van der Waals surface area contributed by atoms with Gasteiger partial charge in [-0.1, -0.05) is 31.8 Å². The van der Waals surface area contributed by atoms with Crippen LogP contribution in [0.25, 0.3) is 0 Å². The standard InChI is InChI=1S/C15H27N3O/c1-11(2)8-9-14-17-15(19-18-14)10-13(16-3)12-6-4-5-7-12/h11-13,16H,4-10H2,1-3H3. The van der Waals surface area contributed by atoms with Gasteiger partial charge in [0.1, 0.15) is 0 Å². The fourth-order valence-corrected chi connectivity index (χ4v) is 2.94. The average Bonchev–Trinajstić information content (AvgIpc) is 3.05. The van der Waals surface area contributed by atoms with Gasteiger partial charge in [0.15, 0.2) is 5.82 Å². The van der Waals surface area contributed by atoms with Crippen molar-refractivity contribution in [2.24, 2.45) is 11.8 Å². The van der Waals surface area contributed by atoms with Crippen LogP contribution in [0.4, 0.5) is 0 Å². The first-order chi connectivity index (χ1) is 9.19. The minimum absolute atomic E-state index is 0.487. The zero-order valence-electron chi connectivity index (χ0n) is 12.5. The molecule has 1 N–H and O–H groups in total. The van der Waals surface area contributed by atoms with Gasteiger partial charge in [0, 0.05) is 18.9 Å². The van der Waals surface area contributed by atoms with Crippen LogP contribution in [-0.2, 0) is 12.8 Å². The number of aromatic nitrogens is 2. The van der Waals surface area contributed by atoms with E-state index in [0.29, 0.717) is 12.0 Å². The second-order valence-electron chi connectivity index (χ2n) is 6.18. The fourth-order valence-electron chi connectivity index (χ4n) is 2.94. The highest BCUT2D eigenvalue weighted by molar-refractivity contribution is 4.92. The van der Waals surface area contributed by atoms with E-state index in [9.17, 15) is 0 Å². The van der Waals surface area contributed by atoms with Gasteiger partial charge in [-0.25, -0.2) is 0 Å². The molecule has 0 aromatic carbocycles. The van der Waals surface area contributed by atoms with E-state index in [1.807, 2.05) is 7.05 Å². The Labute approximate surface area is 116 Å². The van der Waals surface area contributed by atoms with Gasteiger partial charge in [-0.2, -0.15) is 4.98 Å². The number of hydrogen-bond acceptors (Lipinski definition) is 4. The molecular formula is C15H27N3O. The third kappa shape index (κ3) is 4.30. The molecule has 1 unspecified atom stereocenters. The van der Waals surface area contributed by atoms with Crippen molar-refractivity contribution in [1.82, 2.24) is 15.5 Å². The lowest BCUT2D eigenvalue weighted by atomic mass is 9.95. The van der Waals surface area contributed by atoms with Crippen molar-refractivity contribution in [2.45, 2.75) is 64.8 Å². The summed E-state index contributed by atoms with van der Waals surface area (Å²) in [6.45, 7) is 4.44. The van der Waals surface area contributed by atoms with E-state index in [1.165, 1.54) is 25.7 Å². The second kappa shape index (κ2) is 7.04. The smallest absolute Gasteiger partial charge is 0.228 e. The molecular weight excluding hydrogens is 238 g/mol. The zero-order valence-corrected chi connectivity index (χ0v) is 12.5. The minimum Gasteiger partial charge on any atom is -0.339 e. The summed E-state index contributed by atoms with van der Waals surface area (Å²) >= 11 is 0. The van der Waals surface area contributed by atoms with Crippen LogP contribution < -0.4 is 5.32 Å². The largest absolute Gasteiger partial charge is 0.339 e. The molecule has 0 radical (unpaired) electrons. The molecule has 1 saturated carbocycles. The number of aryl methyl sites for hydroxylation is 1. The molecule has 1 aliphatic rings. The Kier molecular flexibility index (Phi) is 5.37. The molecule has 19 heavy (non-hydrogen) atoms. The summed E-state index contributed by atoms with van der Waals surface area (Å²) in [5, 5.41) is 7.51. The maximum atomic E-state index is 5.39. The molecule has 1 aromatic heterocycles. The lowest BCUT2D eigenvalue weighted by molar-refractivity contribution is 0.316. The third-order valence-electron chi connectivity index (χ3n) is 4.19. The Morgan fingerprint density at radius 3 is 2.68 bits per heavy atom. The van der Waals surface area contributed by atoms with Gasteiger partial charge < -0.3 is 9.84 Å². The zero-order chi connectivity index (χ0) is 13.7. The molecule has 1 heterocycles. The number of nitrogens with one attached hydrogen (secondary N) is 1. The molecule has 0 aliphatic heterocycles. The van der Waals surface area contributed by atoms with Crippen LogP contribution in [0.15, 0.2) is 4.52 Å². The van der Waals surface area contributed by atoms with E-state index < -0.39 is 0 Å². The highest BCUT2D eigenvalue weighted by Crippen LogP contribution is 2.28. The normalized spacial score (nSPS) is 18.3. The van der Waals surface area contributed by atoms with Gasteiger partial charge in [-0.15, -0.1) is 0 Å². The van der Waals surface area contributed by atoms with Gasteiger partial charge >= 0.3 is 0 Å². The maximum Gasteiger partial charge on any atom is 0.228 e. The van der Waals surface area contributed by atoms with Crippen molar-refractivity contribution in [3.63, 3.8) is 0 Å². The van der Waals surface area contributed by atoms with Crippen molar-refractivity contribution in [1.29, 1.82) is 0 Å². The Hall–Kier alpha value is -0.900. The molecule has 1 aliphatic carbocycles. The van der Waals surface area contributed by atoms with E-state index >= 15 is 0 Å². The maximum absolute atomic E-state index is 5.39. The molecule has 1 aromatic rings. The van der Waals surface area contributed by atoms with E-state index in [1.54, 1.807) is 0 Å². The quantitative estimate of drug-likeness (QED) is 0.823. The highest BCUT2D eigenvalue weighted by atomic mass is 16.5. The SMILES string of the molecule is CNC(Cc1nc(CCC(C)C)no1)C1CCCC1. The number of nitrogens with zero attached hydrogens (tertiary/aromatic N) is 2.